The zero-order chi connectivity index (χ0) is 17.9. The molecule has 0 spiro atoms. The van der Waals surface area contributed by atoms with E-state index in [1.807, 2.05) is 31.6 Å². The summed E-state index contributed by atoms with van der Waals surface area (Å²) in [6.07, 6.45) is 8.20. The van der Waals surface area contributed by atoms with Crippen LogP contribution in [-0.4, -0.2) is 63.7 Å². The minimum atomic E-state index is 0.117. The highest BCUT2D eigenvalue weighted by Crippen LogP contribution is 2.33. The van der Waals surface area contributed by atoms with Crippen LogP contribution in [0.2, 0.25) is 0 Å². The van der Waals surface area contributed by atoms with E-state index in [0.29, 0.717) is 5.92 Å². The third-order valence-corrected chi connectivity index (χ3v) is 5.51. The molecule has 0 N–H and O–H groups in total. The van der Waals surface area contributed by atoms with Crippen LogP contribution in [0.1, 0.15) is 30.6 Å². The third-order valence-electron chi connectivity index (χ3n) is 5.51. The fourth-order valence-corrected chi connectivity index (χ4v) is 4.08. The first-order valence-corrected chi connectivity index (χ1v) is 9.56. The molecule has 140 valence electrons. The second kappa shape index (κ2) is 7.72. The molecular weight excluding hydrogens is 328 g/mol. The zero-order valence-electron chi connectivity index (χ0n) is 15.7. The number of hydrogen-bond donors (Lipinski definition) is 0. The molecule has 7 nitrogen and oxygen atoms in total. The first-order valence-electron chi connectivity index (χ1n) is 9.56. The van der Waals surface area contributed by atoms with Gasteiger partial charge in [-0.3, -0.25) is 4.90 Å². The van der Waals surface area contributed by atoms with Crippen molar-refractivity contribution in [3.63, 3.8) is 0 Å². The molecule has 4 heterocycles. The summed E-state index contributed by atoms with van der Waals surface area (Å²) in [6, 6.07) is 2.01. The standard InChI is InChI=1S/C19H28N6O/c1-15-20-6-5-17(22-15)25-11-9-24(10-12-25)14-16-4-3-13-26-18(16)19-21-7-8-23(19)2/h5-8,16,18H,3-4,9-14H2,1-2H3/t16-,18+/m0/s1. The lowest BCUT2D eigenvalue weighted by Crippen LogP contribution is -2.49. The van der Waals surface area contributed by atoms with E-state index in [-0.39, 0.29) is 6.10 Å². The van der Waals surface area contributed by atoms with Crippen LogP contribution < -0.4 is 4.90 Å². The number of rotatable bonds is 4. The Bertz CT molecular complexity index is 724. The maximum Gasteiger partial charge on any atom is 0.137 e. The van der Waals surface area contributed by atoms with Gasteiger partial charge in [0.15, 0.2) is 0 Å². The van der Waals surface area contributed by atoms with Crippen LogP contribution in [0.5, 0.6) is 0 Å². The van der Waals surface area contributed by atoms with Crippen LogP contribution in [0.3, 0.4) is 0 Å². The lowest BCUT2D eigenvalue weighted by molar-refractivity contribution is -0.0455. The second-order valence-corrected chi connectivity index (χ2v) is 7.34. The molecule has 2 atom stereocenters. The second-order valence-electron chi connectivity index (χ2n) is 7.34. The van der Waals surface area contributed by atoms with Crippen molar-refractivity contribution >= 4 is 5.82 Å². The van der Waals surface area contributed by atoms with Crippen molar-refractivity contribution in [1.29, 1.82) is 0 Å². The molecule has 0 unspecified atom stereocenters. The highest BCUT2D eigenvalue weighted by molar-refractivity contribution is 5.37. The van der Waals surface area contributed by atoms with Crippen molar-refractivity contribution < 1.29 is 4.74 Å². The van der Waals surface area contributed by atoms with E-state index >= 15 is 0 Å². The van der Waals surface area contributed by atoms with Gasteiger partial charge in [0.05, 0.1) is 0 Å². The summed E-state index contributed by atoms with van der Waals surface area (Å²) in [6.45, 7) is 8.01. The molecule has 7 heteroatoms. The Morgan fingerprint density at radius 3 is 2.73 bits per heavy atom. The summed E-state index contributed by atoms with van der Waals surface area (Å²) in [4.78, 5) is 18.2. The summed E-state index contributed by atoms with van der Waals surface area (Å²) >= 11 is 0. The van der Waals surface area contributed by atoms with E-state index in [2.05, 4.69) is 36.4 Å². The number of aryl methyl sites for hydroxylation is 2. The lowest BCUT2D eigenvalue weighted by Gasteiger charge is -2.39. The van der Waals surface area contributed by atoms with Gasteiger partial charge in [-0.1, -0.05) is 0 Å². The predicted molar refractivity (Wildman–Crippen MR) is 100 cm³/mol. The molecule has 26 heavy (non-hydrogen) atoms. The van der Waals surface area contributed by atoms with E-state index < -0.39 is 0 Å². The molecule has 2 aromatic rings. The fourth-order valence-electron chi connectivity index (χ4n) is 4.08. The Labute approximate surface area is 155 Å². The lowest BCUT2D eigenvalue weighted by atomic mass is 9.92. The molecule has 2 fully saturated rings. The number of hydrogen-bond acceptors (Lipinski definition) is 6. The number of aromatic nitrogens is 4. The predicted octanol–water partition coefficient (Wildman–Crippen LogP) is 1.81. The molecule has 2 saturated heterocycles. The summed E-state index contributed by atoms with van der Waals surface area (Å²) in [5.74, 6) is 3.45. The Morgan fingerprint density at radius 1 is 1.15 bits per heavy atom. The summed E-state index contributed by atoms with van der Waals surface area (Å²) in [7, 11) is 2.06. The summed E-state index contributed by atoms with van der Waals surface area (Å²) in [5.41, 5.74) is 0. The number of nitrogens with zero attached hydrogens (tertiary/aromatic N) is 6. The molecule has 2 aliphatic heterocycles. The molecular formula is C19H28N6O. The molecule has 0 bridgehead atoms. The number of anilines is 1. The van der Waals surface area contributed by atoms with Gasteiger partial charge in [0.1, 0.15) is 23.6 Å². The van der Waals surface area contributed by atoms with Gasteiger partial charge in [-0.15, -0.1) is 0 Å². The molecule has 0 saturated carbocycles. The Hall–Kier alpha value is -1.99. The van der Waals surface area contributed by atoms with Gasteiger partial charge in [0, 0.05) is 70.9 Å². The van der Waals surface area contributed by atoms with Crippen LogP contribution in [0.4, 0.5) is 5.82 Å². The van der Waals surface area contributed by atoms with Gasteiger partial charge in [0.2, 0.25) is 0 Å². The quantitative estimate of drug-likeness (QED) is 0.833. The first-order chi connectivity index (χ1) is 12.7. The molecule has 2 aromatic heterocycles. The monoisotopic (exact) mass is 356 g/mol. The minimum absolute atomic E-state index is 0.117. The van der Waals surface area contributed by atoms with Gasteiger partial charge in [-0.2, -0.15) is 0 Å². The maximum absolute atomic E-state index is 6.12. The van der Waals surface area contributed by atoms with E-state index in [1.54, 1.807) is 0 Å². The van der Waals surface area contributed by atoms with Gasteiger partial charge in [0.25, 0.3) is 0 Å². The maximum atomic E-state index is 6.12. The van der Waals surface area contributed by atoms with Crippen molar-refractivity contribution in [2.45, 2.75) is 25.9 Å². The van der Waals surface area contributed by atoms with Crippen molar-refractivity contribution in [2.24, 2.45) is 13.0 Å². The Kier molecular flexibility index (Phi) is 5.17. The fraction of sp³-hybridized carbons (Fsp3) is 0.632. The highest BCUT2D eigenvalue weighted by Gasteiger charge is 2.32. The topological polar surface area (TPSA) is 59.3 Å². The van der Waals surface area contributed by atoms with Crippen molar-refractivity contribution in [3.8, 4) is 0 Å². The minimum Gasteiger partial charge on any atom is -0.370 e. The Balaban J connectivity index is 1.36. The molecule has 2 aliphatic rings. The smallest absolute Gasteiger partial charge is 0.137 e. The van der Waals surface area contributed by atoms with Gasteiger partial charge in [-0.25, -0.2) is 15.0 Å². The van der Waals surface area contributed by atoms with Crippen LogP contribution in [0.15, 0.2) is 24.7 Å². The first kappa shape index (κ1) is 17.4. The highest BCUT2D eigenvalue weighted by atomic mass is 16.5. The van der Waals surface area contributed by atoms with Crippen LogP contribution in [0.25, 0.3) is 0 Å². The summed E-state index contributed by atoms with van der Waals surface area (Å²) in [5, 5.41) is 0. The van der Waals surface area contributed by atoms with E-state index in [4.69, 9.17) is 4.74 Å². The van der Waals surface area contributed by atoms with Crippen LogP contribution in [0, 0.1) is 12.8 Å². The SMILES string of the molecule is Cc1nccc(N2CCN(C[C@@H]3CCCO[C@H]3c3nccn3C)CC2)n1. The number of ether oxygens (including phenoxy) is 1. The van der Waals surface area contributed by atoms with Gasteiger partial charge < -0.3 is 14.2 Å². The number of imidazole rings is 1. The number of piperazine rings is 1. The van der Waals surface area contributed by atoms with Crippen LogP contribution in [-0.2, 0) is 11.8 Å². The molecule has 0 radical (unpaired) electrons. The average molecular weight is 356 g/mol. The van der Waals surface area contributed by atoms with Crippen LogP contribution >= 0.6 is 0 Å². The normalized spacial score (nSPS) is 24.8. The average Bonchev–Trinajstić information content (AvgIpc) is 3.09. The van der Waals surface area contributed by atoms with Crippen molar-refractivity contribution in [1.82, 2.24) is 24.4 Å². The van der Waals surface area contributed by atoms with Crippen molar-refractivity contribution in [2.75, 3.05) is 44.2 Å². The molecule has 4 rings (SSSR count). The van der Waals surface area contributed by atoms with Crippen molar-refractivity contribution in [3.05, 3.63) is 36.3 Å². The van der Waals surface area contributed by atoms with E-state index in [9.17, 15) is 0 Å². The Morgan fingerprint density at radius 2 is 2.00 bits per heavy atom. The molecule has 0 aromatic carbocycles. The van der Waals surface area contributed by atoms with Gasteiger partial charge >= 0.3 is 0 Å². The third kappa shape index (κ3) is 3.73. The molecule has 0 aliphatic carbocycles. The zero-order valence-corrected chi connectivity index (χ0v) is 15.7. The van der Waals surface area contributed by atoms with E-state index in [1.165, 1.54) is 6.42 Å². The van der Waals surface area contributed by atoms with E-state index in [0.717, 1.165) is 63.2 Å². The largest absolute Gasteiger partial charge is 0.370 e. The summed E-state index contributed by atoms with van der Waals surface area (Å²) < 4.78 is 8.22. The molecule has 0 amide bonds. The van der Waals surface area contributed by atoms with Gasteiger partial charge in [-0.05, 0) is 25.8 Å².